The minimum absolute atomic E-state index is 0.0673. The Hall–Kier alpha value is -0.980. The third-order valence-corrected chi connectivity index (χ3v) is 4.68. The van der Waals surface area contributed by atoms with Crippen molar-refractivity contribution in [2.45, 2.75) is 37.3 Å². The van der Waals surface area contributed by atoms with E-state index in [0.717, 1.165) is 18.4 Å². The van der Waals surface area contributed by atoms with E-state index in [9.17, 15) is 8.42 Å². The summed E-state index contributed by atoms with van der Waals surface area (Å²) in [7, 11) is -3.47. The van der Waals surface area contributed by atoms with Crippen LogP contribution in [-0.4, -0.2) is 19.9 Å². The van der Waals surface area contributed by atoms with Crippen LogP contribution in [0, 0.1) is 5.92 Å². The second-order valence-electron chi connectivity index (χ2n) is 4.71. The molecule has 1 aromatic heterocycles. The normalized spacial score (nSPS) is 17.2. The first kappa shape index (κ1) is 13.5. The van der Waals surface area contributed by atoms with Gasteiger partial charge in [-0.1, -0.05) is 18.9 Å². The SMILES string of the molecule is NCc1ccc(S(=O)(=O)NCC2CCCC2)nc1. The molecular formula is C12H19N3O2S. The van der Waals surface area contributed by atoms with E-state index < -0.39 is 10.0 Å². The predicted octanol–water partition coefficient (Wildman–Crippen LogP) is 1.01. The van der Waals surface area contributed by atoms with Crippen LogP contribution in [0.5, 0.6) is 0 Å². The molecule has 1 saturated carbocycles. The quantitative estimate of drug-likeness (QED) is 0.835. The molecule has 0 spiro atoms. The first-order chi connectivity index (χ1) is 8.62. The summed E-state index contributed by atoms with van der Waals surface area (Å²) in [6.07, 6.45) is 6.14. The number of sulfonamides is 1. The van der Waals surface area contributed by atoms with Gasteiger partial charge in [-0.25, -0.2) is 18.1 Å². The summed E-state index contributed by atoms with van der Waals surface area (Å²) in [6.45, 7) is 0.880. The third-order valence-electron chi connectivity index (χ3n) is 3.35. The molecule has 0 aromatic carbocycles. The van der Waals surface area contributed by atoms with Crippen LogP contribution in [0.2, 0.25) is 0 Å². The monoisotopic (exact) mass is 269 g/mol. The Bertz CT molecular complexity index is 479. The van der Waals surface area contributed by atoms with Crippen molar-refractivity contribution in [1.29, 1.82) is 0 Å². The van der Waals surface area contributed by atoms with Crippen LogP contribution in [0.4, 0.5) is 0 Å². The van der Waals surface area contributed by atoms with Crippen molar-refractivity contribution in [1.82, 2.24) is 9.71 Å². The van der Waals surface area contributed by atoms with Gasteiger partial charge in [0.1, 0.15) is 0 Å². The molecule has 1 aromatic rings. The highest BCUT2D eigenvalue weighted by atomic mass is 32.2. The number of hydrogen-bond donors (Lipinski definition) is 2. The number of aromatic nitrogens is 1. The molecule has 6 heteroatoms. The van der Waals surface area contributed by atoms with Crippen molar-refractivity contribution in [3.05, 3.63) is 23.9 Å². The lowest BCUT2D eigenvalue weighted by molar-refractivity contribution is 0.518. The van der Waals surface area contributed by atoms with Crippen LogP contribution in [-0.2, 0) is 16.6 Å². The topological polar surface area (TPSA) is 85.1 Å². The molecule has 2 rings (SSSR count). The molecule has 0 atom stereocenters. The van der Waals surface area contributed by atoms with Gasteiger partial charge in [0.15, 0.2) is 5.03 Å². The summed E-state index contributed by atoms with van der Waals surface area (Å²) in [4.78, 5) is 3.94. The van der Waals surface area contributed by atoms with Crippen LogP contribution in [0.3, 0.4) is 0 Å². The summed E-state index contributed by atoms with van der Waals surface area (Å²) in [5.74, 6) is 0.475. The largest absolute Gasteiger partial charge is 0.326 e. The fraction of sp³-hybridized carbons (Fsp3) is 0.583. The van der Waals surface area contributed by atoms with Crippen LogP contribution >= 0.6 is 0 Å². The van der Waals surface area contributed by atoms with Gasteiger partial charge < -0.3 is 5.73 Å². The Morgan fingerprint density at radius 1 is 1.33 bits per heavy atom. The van der Waals surface area contributed by atoms with Gasteiger partial charge >= 0.3 is 0 Å². The third kappa shape index (κ3) is 3.28. The lowest BCUT2D eigenvalue weighted by atomic mass is 10.1. The average molecular weight is 269 g/mol. The predicted molar refractivity (Wildman–Crippen MR) is 69.3 cm³/mol. The Morgan fingerprint density at radius 2 is 2.06 bits per heavy atom. The Labute approximate surface area is 108 Å². The Morgan fingerprint density at radius 3 is 2.61 bits per heavy atom. The summed E-state index contributed by atoms with van der Waals surface area (Å²) in [5, 5.41) is 0.0673. The maximum absolute atomic E-state index is 12.0. The number of nitrogens with one attached hydrogen (secondary N) is 1. The highest BCUT2D eigenvalue weighted by Gasteiger charge is 2.20. The second kappa shape index (κ2) is 5.77. The number of rotatable bonds is 5. The van der Waals surface area contributed by atoms with Gasteiger partial charge in [-0.3, -0.25) is 0 Å². The summed E-state index contributed by atoms with van der Waals surface area (Å²) >= 11 is 0. The Kier molecular flexibility index (Phi) is 4.31. The molecule has 5 nitrogen and oxygen atoms in total. The molecule has 0 saturated heterocycles. The van der Waals surface area contributed by atoms with Gasteiger partial charge in [-0.15, -0.1) is 0 Å². The second-order valence-corrected chi connectivity index (χ2v) is 6.43. The van der Waals surface area contributed by atoms with Crippen LogP contribution in [0.25, 0.3) is 0 Å². The van der Waals surface area contributed by atoms with Crippen molar-refractivity contribution < 1.29 is 8.42 Å². The van der Waals surface area contributed by atoms with Gasteiger partial charge in [-0.05, 0) is 30.4 Å². The summed E-state index contributed by atoms with van der Waals surface area (Å²) in [6, 6.07) is 3.19. The zero-order valence-electron chi connectivity index (χ0n) is 10.3. The van der Waals surface area contributed by atoms with E-state index in [1.807, 2.05) is 0 Å². The molecule has 0 bridgehead atoms. The number of pyridine rings is 1. The van der Waals surface area contributed by atoms with E-state index in [1.165, 1.54) is 25.1 Å². The molecule has 0 radical (unpaired) electrons. The van der Waals surface area contributed by atoms with Crippen LogP contribution in [0.1, 0.15) is 31.2 Å². The van der Waals surface area contributed by atoms with Crippen molar-refractivity contribution in [2.24, 2.45) is 11.7 Å². The molecule has 1 heterocycles. The van der Waals surface area contributed by atoms with Crippen molar-refractivity contribution >= 4 is 10.0 Å². The van der Waals surface area contributed by atoms with Crippen molar-refractivity contribution in [2.75, 3.05) is 6.54 Å². The van der Waals surface area contributed by atoms with Crippen molar-refractivity contribution in [3.8, 4) is 0 Å². The lowest BCUT2D eigenvalue weighted by Crippen LogP contribution is -2.29. The Balaban J connectivity index is 2.00. The minimum Gasteiger partial charge on any atom is -0.326 e. The highest BCUT2D eigenvalue weighted by molar-refractivity contribution is 7.89. The van der Waals surface area contributed by atoms with E-state index >= 15 is 0 Å². The smallest absolute Gasteiger partial charge is 0.258 e. The van der Waals surface area contributed by atoms with Gasteiger partial charge in [0.2, 0.25) is 0 Å². The first-order valence-corrected chi connectivity index (χ1v) is 7.75. The van der Waals surface area contributed by atoms with Gasteiger partial charge in [0, 0.05) is 19.3 Å². The van der Waals surface area contributed by atoms with Crippen molar-refractivity contribution in [3.63, 3.8) is 0 Å². The molecule has 1 fully saturated rings. The van der Waals surface area contributed by atoms with Gasteiger partial charge in [-0.2, -0.15) is 0 Å². The van der Waals surface area contributed by atoms with Crippen LogP contribution < -0.4 is 10.5 Å². The molecule has 100 valence electrons. The van der Waals surface area contributed by atoms with Gasteiger partial charge in [0.25, 0.3) is 10.0 Å². The molecule has 1 aliphatic rings. The molecule has 3 N–H and O–H groups in total. The number of hydrogen-bond acceptors (Lipinski definition) is 4. The summed E-state index contributed by atoms with van der Waals surface area (Å²) < 4.78 is 26.6. The van der Waals surface area contributed by atoms with E-state index in [-0.39, 0.29) is 5.03 Å². The summed E-state index contributed by atoms with van der Waals surface area (Å²) in [5.41, 5.74) is 6.27. The lowest BCUT2D eigenvalue weighted by Gasteiger charge is -2.10. The van der Waals surface area contributed by atoms with E-state index in [1.54, 1.807) is 6.07 Å². The number of nitrogens with zero attached hydrogens (tertiary/aromatic N) is 1. The number of nitrogens with two attached hydrogens (primary N) is 1. The molecule has 0 aliphatic heterocycles. The fourth-order valence-corrected chi connectivity index (χ4v) is 3.25. The molecule has 0 unspecified atom stereocenters. The first-order valence-electron chi connectivity index (χ1n) is 6.26. The molecular weight excluding hydrogens is 250 g/mol. The van der Waals surface area contributed by atoms with E-state index in [0.29, 0.717) is 19.0 Å². The maximum atomic E-state index is 12.0. The standard InChI is InChI=1S/C12H19N3O2S/c13-7-11-5-6-12(14-8-11)18(16,17)15-9-10-3-1-2-4-10/h5-6,8,10,15H,1-4,7,9,13H2. The fourth-order valence-electron chi connectivity index (χ4n) is 2.21. The zero-order valence-corrected chi connectivity index (χ0v) is 11.1. The molecule has 1 aliphatic carbocycles. The average Bonchev–Trinajstić information content (AvgIpc) is 2.90. The van der Waals surface area contributed by atoms with E-state index in [4.69, 9.17) is 5.73 Å². The molecule has 18 heavy (non-hydrogen) atoms. The van der Waals surface area contributed by atoms with E-state index in [2.05, 4.69) is 9.71 Å². The van der Waals surface area contributed by atoms with Gasteiger partial charge in [0.05, 0.1) is 0 Å². The minimum atomic E-state index is -3.47. The zero-order chi connectivity index (χ0) is 13.0. The maximum Gasteiger partial charge on any atom is 0.258 e. The molecule has 0 amide bonds. The van der Waals surface area contributed by atoms with Crippen LogP contribution in [0.15, 0.2) is 23.4 Å². The highest BCUT2D eigenvalue weighted by Crippen LogP contribution is 2.24.